The summed E-state index contributed by atoms with van der Waals surface area (Å²) in [7, 11) is 3.63. The first-order valence-corrected chi connectivity index (χ1v) is 16.0. The van der Waals surface area contributed by atoms with Crippen LogP contribution >= 0.6 is 0 Å². The third-order valence-electron chi connectivity index (χ3n) is 8.95. The van der Waals surface area contributed by atoms with E-state index < -0.39 is 6.04 Å². The highest BCUT2D eigenvalue weighted by atomic mass is 19.1. The van der Waals surface area contributed by atoms with Gasteiger partial charge in [0.25, 0.3) is 0 Å². The fraction of sp³-hybridized carbons (Fsp3) is 0.529. The first-order chi connectivity index (χ1) is 21.8. The van der Waals surface area contributed by atoms with Gasteiger partial charge in [-0.2, -0.15) is 5.06 Å². The minimum absolute atomic E-state index is 0.145. The second kappa shape index (κ2) is 15.8. The summed E-state index contributed by atoms with van der Waals surface area (Å²) in [4.78, 5) is 30.5. The molecular formula is C34H46FN5O5. The zero-order valence-electron chi connectivity index (χ0n) is 26.4. The van der Waals surface area contributed by atoms with Crippen LogP contribution in [0.5, 0.6) is 5.75 Å². The summed E-state index contributed by atoms with van der Waals surface area (Å²) >= 11 is 0. The number of amides is 1. The van der Waals surface area contributed by atoms with Gasteiger partial charge in [-0.15, -0.1) is 0 Å². The summed E-state index contributed by atoms with van der Waals surface area (Å²) < 4.78 is 19.7. The molecule has 2 N–H and O–H groups in total. The van der Waals surface area contributed by atoms with Crippen molar-refractivity contribution in [1.29, 1.82) is 0 Å². The highest BCUT2D eigenvalue weighted by molar-refractivity contribution is 5.81. The van der Waals surface area contributed by atoms with Crippen molar-refractivity contribution in [3.63, 3.8) is 0 Å². The molecule has 4 aliphatic heterocycles. The lowest BCUT2D eigenvalue weighted by atomic mass is 9.91. The number of nitrogens with one attached hydrogen (secondary N) is 1. The van der Waals surface area contributed by atoms with Crippen molar-refractivity contribution in [2.75, 3.05) is 58.5 Å². The minimum Gasteiger partial charge on any atom is -0.508 e. The fourth-order valence-electron chi connectivity index (χ4n) is 6.53. The van der Waals surface area contributed by atoms with Crippen LogP contribution in [0.3, 0.4) is 0 Å². The molecule has 45 heavy (non-hydrogen) atoms. The third-order valence-corrected chi connectivity index (χ3v) is 8.95. The van der Waals surface area contributed by atoms with Crippen molar-refractivity contribution < 1.29 is 28.7 Å². The molecule has 0 saturated carbocycles. The second-order valence-electron chi connectivity index (χ2n) is 12.2. The summed E-state index contributed by atoms with van der Waals surface area (Å²) in [5.74, 6) is 0.267. The maximum atomic E-state index is 14.3. The van der Waals surface area contributed by atoms with E-state index >= 15 is 0 Å². The first-order valence-electron chi connectivity index (χ1n) is 16.0. The van der Waals surface area contributed by atoms with Crippen LogP contribution in [-0.4, -0.2) is 91.8 Å². The number of halogens is 1. The Labute approximate surface area is 265 Å². The molecule has 6 rings (SSSR count). The van der Waals surface area contributed by atoms with Crippen molar-refractivity contribution in [3.8, 4) is 5.75 Å². The Morgan fingerprint density at radius 2 is 1.89 bits per heavy atom. The predicted molar refractivity (Wildman–Crippen MR) is 170 cm³/mol. The van der Waals surface area contributed by atoms with Crippen LogP contribution in [0.2, 0.25) is 0 Å². The second-order valence-corrected chi connectivity index (χ2v) is 12.2. The number of benzene rings is 2. The Balaban J connectivity index is 0.000000183. The van der Waals surface area contributed by atoms with Gasteiger partial charge < -0.3 is 20.0 Å². The quantitative estimate of drug-likeness (QED) is 0.400. The standard InChI is InChI=1S/C20H28FN3O.C14H18N2O4/c1-22-13-16(14-23-6-2-3-7-23)15-24(22)20-11-18(10-19(21)12-20)17-4-8-25-9-5-17;1-15-14(19)13(3-2-6-17)16-8-11-7-12(18)5-4-10(11)9-20-16/h10-12,15,17H,2-9,13-14H2,1H3;4-7,13,18H,2-3,8-9H2,1H3,(H,15,19). The van der Waals surface area contributed by atoms with Gasteiger partial charge in [0.05, 0.1) is 18.8 Å². The van der Waals surface area contributed by atoms with E-state index in [1.807, 2.05) is 6.07 Å². The SMILES string of the molecule is CN1CC(CN2CCCC2)=CN1c1cc(F)cc(C2CCOCC2)c1.CNC(=O)C(CCC=O)N1Cc2cc(O)ccc2CO1. The van der Waals surface area contributed by atoms with Crippen molar-refractivity contribution in [2.24, 2.45) is 0 Å². The molecule has 11 heteroatoms. The topological polar surface area (TPSA) is 97.8 Å². The van der Waals surface area contributed by atoms with Gasteiger partial charge in [0.1, 0.15) is 23.9 Å². The fourth-order valence-corrected chi connectivity index (χ4v) is 6.53. The van der Waals surface area contributed by atoms with Crippen LogP contribution in [0, 0.1) is 5.82 Å². The third kappa shape index (κ3) is 8.68. The van der Waals surface area contributed by atoms with Gasteiger partial charge in [-0.3, -0.25) is 19.5 Å². The summed E-state index contributed by atoms with van der Waals surface area (Å²) in [6, 6.07) is 10.1. The van der Waals surface area contributed by atoms with E-state index in [0.717, 1.165) is 67.8 Å². The average Bonchev–Trinajstić information content (AvgIpc) is 3.70. The number of ether oxygens (including phenoxy) is 1. The highest BCUT2D eigenvalue weighted by Gasteiger charge is 2.30. The number of hydrogen-bond donors (Lipinski definition) is 2. The van der Waals surface area contributed by atoms with Gasteiger partial charge in [0, 0.05) is 53.0 Å². The number of hydroxylamine groups is 2. The Kier molecular flexibility index (Phi) is 11.6. The summed E-state index contributed by atoms with van der Waals surface area (Å²) in [5.41, 5.74) is 5.36. The number of phenols is 1. The van der Waals surface area contributed by atoms with Crippen LogP contribution in [-0.2, 0) is 32.3 Å². The van der Waals surface area contributed by atoms with Gasteiger partial charge in [-0.1, -0.05) is 6.07 Å². The maximum Gasteiger partial charge on any atom is 0.239 e. The molecule has 1 amide bonds. The number of aldehydes is 1. The monoisotopic (exact) mass is 623 g/mol. The zero-order valence-corrected chi connectivity index (χ0v) is 26.4. The number of nitrogens with zero attached hydrogens (tertiary/aromatic N) is 4. The number of carbonyl (C=O) groups is 2. The first kappa shape index (κ1) is 33.0. The van der Waals surface area contributed by atoms with E-state index in [4.69, 9.17) is 9.57 Å². The normalized spacial score (nSPS) is 20.2. The van der Waals surface area contributed by atoms with Crippen LogP contribution in [0.1, 0.15) is 61.1 Å². The number of aromatic hydroxyl groups is 1. The number of phenolic OH excluding ortho intramolecular Hbond substituents is 1. The number of hydrazine groups is 1. The minimum atomic E-state index is -0.513. The molecule has 1 atom stereocenters. The molecule has 0 aromatic heterocycles. The molecule has 2 aromatic carbocycles. The maximum absolute atomic E-state index is 14.3. The lowest BCUT2D eigenvalue weighted by molar-refractivity contribution is -0.214. The molecular weight excluding hydrogens is 577 g/mol. The van der Waals surface area contributed by atoms with Gasteiger partial charge in [0.15, 0.2) is 0 Å². The van der Waals surface area contributed by atoms with Crippen LogP contribution in [0.4, 0.5) is 10.1 Å². The molecule has 2 saturated heterocycles. The van der Waals surface area contributed by atoms with Gasteiger partial charge in [-0.25, -0.2) is 9.40 Å². The molecule has 244 valence electrons. The Hall–Kier alpha value is -3.35. The number of likely N-dealkylation sites (tertiary alicyclic amines) is 1. The van der Waals surface area contributed by atoms with Crippen LogP contribution < -0.4 is 10.3 Å². The molecule has 2 aromatic rings. The lowest BCUT2D eigenvalue weighted by Crippen LogP contribution is -2.46. The number of fused-ring (bicyclic) bond motifs is 1. The molecule has 4 heterocycles. The Morgan fingerprint density at radius 3 is 2.62 bits per heavy atom. The molecule has 0 bridgehead atoms. The predicted octanol–water partition coefficient (Wildman–Crippen LogP) is 4.10. The number of hydrogen-bond acceptors (Lipinski definition) is 9. The zero-order chi connectivity index (χ0) is 31.8. The summed E-state index contributed by atoms with van der Waals surface area (Å²) in [6.07, 6.45) is 8.27. The van der Waals surface area contributed by atoms with Crippen molar-refractivity contribution in [1.82, 2.24) is 20.3 Å². The molecule has 2 fully saturated rings. The molecule has 0 spiro atoms. The molecule has 0 aliphatic carbocycles. The number of anilines is 1. The van der Waals surface area contributed by atoms with E-state index in [9.17, 15) is 19.1 Å². The molecule has 10 nitrogen and oxygen atoms in total. The van der Waals surface area contributed by atoms with E-state index in [1.165, 1.54) is 31.5 Å². The lowest BCUT2D eigenvalue weighted by Gasteiger charge is -2.33. The molecule has 4 aliphatic rings. The van der Waals surface area contributed by atoms with Crippen molar-refractivity contribution in [3.05, 3.63) is 70.7 Å². The Morgan fingerprint density at radius 1 is 1.11 bits per heavy atom. The number of rotatable bonds is 9. The van der Waals surface area contributed by atoms with Gasteiger partial charge in [0.2, 0.25) is 5.91 Å². The molecule has 1 unspecified atom stereocenters. The van der Waals surface area contributed by atoms with E-state index in [2.05, 4.69) is 39.5 Å². The van der Waals surface area contributed by atoms with Gasteiger partial charge >= 0.3 is 0 Å². The summed E-state index contributed by atoms with van der Waals surface area (Å²) in [5, 5.41) is 18.0. The summed E-state index contributed by atoms with van der Waals surface area (Å²) in [6.45, 7) is 6.66. The van der Waals surface area contributed by atoms with E-state index in [0.29, 0.717) is 31.9 Å². The van der Waals surface area contributed by atoms with Crippen molar-refractivity contribution >= 4 is 17.9 Å². The highest BCUT2D eigenvalue weighted by Crippen LogP contribution is 2.33. The number of likely N-dealkylation sites (N-methyl/N-ethyl adjacent to an activating group) is 2. The van der Waals surface area contributed by atoms with E-state index in [-0.39, 0.29) is 17.5 Å². The smallest absolute Gasteiger partial charge is 0.239 e. The average molecular weight is 624 g/mol. The van der Waals surface area contributed by atoms with Crippen LogP contribution in [0.25, 0.3) is 0 Å². The Bertz CT molecular complexity index is 1340. The van der Waals surface area contributed by atoms with Crippen LogP contribution in [0.15, 0.2) is 48.2 Å². The van der Waals surface area contributed by atoms with Crippen molar-refractivity contribution in [2.45, 2.75) is 63.6 Å². The van der Waals surface area contributed by atoms with E-state index in [1.54, 1.807) is 36.4 Å². The van der Waals surface area contributed by atoms with Gasteiger partial charge in [-0.05, 0) is 104 Å². The largest absolute Gasteiger partial charge is 0.508 e. The molecule has 0 radical (unpaired) electrons. The number of carbonyl (C=O) groups excluding carboxylic acids is 2.